The third-order valence-corrected chi connectivity index (χ3v) is 10.6. The number of carbonyl (C=O) groups is 2. The van der Waals surface area contributed by atoms with Crippen LogP contribution >= 0.6 is 11.6 Å². The van der Waals surface area contributed by atoms with E-state index in [4.69, 9.17) is 21.3 Å². The average molecular weight is 617 g/mol. The van der Waals surface area contributed by atoms with Gasteiger partial charge in [0.1, 0.15) is 11.4 Å². The summed E-state index contributed by atoms with van der Waals surface area (Å²) in [5.41, 5.74) is 3.50. The quantitative estimate of drug-likeness (QED) is 0.333. The van der Waals surface area contributed by atoms with Gasteiger partial charge in [-0.2, -0.15) is 4.98 Å². The number of Topliss-reactive ketones (excluding diaryl/α,β-unsaturated/α-hetero) is 1. The first-order valence-corrected chi connectivity index (χ1v) is 16.5. The second kappa shape index (κ2) is 11.0. The molecule has 1 atom stereocenters. The summed E-state index contributed by atoms with van der Waals surface area (Å²) < 4.78 is 7.69. The molecule has 232 valence electrons. The first-order valence-electron chi connectivity index (χ1n) is 16.2. The normalized spacial score (nSPS) is 22.3. The number of rotatable bonds is 2. The molecule has 2 saturated heterocycles. The van der Waals surface area contributed by atoms with Crippen molar-refractivity contribution in [3.05, 3.63) is 68.7 Å². The fraction of sp³-hybridized carbons (Fsp3) is 0.543. The zero-order valence-electron chi connectivity index (χ0n) is 25.9. The number of carbonyl (C=O) groups excluding carboxylic acids is 2. The lowest BCUT2D eigenvalue weighted by atomic mass is 9.69. The number of halogens is 1. The van der Waals surface area contributed by atoms with Gasteiger partial charge < -0.3 is 9.64 Å². The highest BCUT2D eigenvalue weighted by Gasteiger charge is 2.47. The van der Waals surface area contributed by atoms with E-state index in [9.17, 15) is 14.4 Å². The Labute approximate surface area is 263 Å². The van der Waals surface area contributed by atoms with Crippen LogP contribution in [0.25, 0.3) is 16.6 Å². The topological polar surface area (TPSA) is 84.7 Å². The van der Waals surface area contributed by atoms with Gasteiger partial charge >= 0.3 is 6.09 Å². The smallest absolute Gasteiger partial charge is 0.410 e. The van der Waals surface area contributed by atoms with Crippen LogP contribution in [0.15, 0.2) is 41.2 Å². The summed E-state index contributed by atoms with van der Waals surface area (Å²) in [6, 6.07) is 12.4. The van der Waals surface area contributed by atoms with E-state index in [-0.39, 0.29) is 29.3 Å². The standard InChI is InChI=1S/C35H41ClN4O4/c1-34(2,3)44-33(43)39-19-14-27(29(41)21-39)38-17-12-22(13-18-38)23-10-11-26-24(20-23)35(15-5-4-6-16-35)32-37-31(42)30-25(36)8-7-9-28(30)40(26)32/h7-11,20,22,27H,4-6,12-19,21H2,1-3H3. The number of benzene rings is 2. The predicted molar refractivity (Wildman–Crippen MR) is 171 cm³/mol. The highest BCUT2D eigenvalue weighted by atomic mass is 35.5. The van der Waals surface area contributed by atoms with Crippen molar-refractivity contribution in [3.63, 3.8) is 0 Å². The summed E-state index contributed by atoms with van der Waals surface area (Å²) in [7, 11) is 0. The Morgan fingerprint density at radius 2 is 1.75 bits per heavy atom. The number of nitrogens with zero attached hydrogens (tertiary/aromatic N) is 4. The van der Waals surface area contributed by atoms with Gasteiger partial charge in [0, 0.05) is 6.54 Å². The molecule has 1 aromatic heterocycles. The molecule has 0 N–H and O–H groups in total. The Kier molecular flexibility index (Phi) is 7.36. The average Bonchev–Trinajstić information content (AvgIpc) is 3.25. The van der Waals surface area contributed by atoms with Crippen LogP contribution in [0.2, 0.25) is 5.02 Å². The fourth-order valence-corrected chi connectivity index (χ4v) is 8.42. The summed E-state index contributed by atoms with van der Waals surface area (Å²) in [6.45, 7) is 7.89. The fourth-order valence-electron chi connectivity index (χ4n) is 8.17. The van der Waals surface area contributed by atoms with E-state index < -0.39 is 11.7 Å². The number of aromatic nitrogens is 2. The number of hydrogen-bond acceptors (Lipinski definition) is 6. The van der Waals surface area contributed by atoms with Crippen LogP contribution in [-0.4, -0.2) is 69.0 Å². The minimum Gasteiger partial charge on any atom is -0.444 e. The molecule has 1 amide bonds. The zero-order valence-corrected chi connectivity index (χ0v) is 26.7. The van der Waals surface area contributed by atoms with Crippen molar-refractivity contribution < 1.29 is 14.3 Å². The van der Waals surface area contributed by atoms with E-state index in [1.54, 1.807) is 11.0 Å². The maximum Gasteiger partial charge on any atom is 0.410 e. The molecule has 3 aromatic rings. The van der Waals surface area contributed by atoms with Gasteiger partial charge in [-0.25, -0.2) is 4.79 Å². The number of ether oxygens (including phenoxy) is 1. The van der Waals surface area contributed by atoms with Crippen molar-refractivity contribution in [2.24, 2.45) is 0 Å². The molecular formula is C35H41ClN4O4. The van der Waals surface area contributed by atoms with Crippen molar-refractivity contribution in [1.29, 1.82) is 0 Å². The first-order chi connectivity index (χ1) is 21.1. The van der Waals surface area contributed by atoms with Crippen molar-refractivity contribution >= 4 is 34.4 Å². The zero-order chi connectivity index (χ0) is 30.8. The molecule has 4 aliphatic rings. The SMILES string of the molecule is CC(C)(C)OC(=O)N1CCC(N2CCC(c3ccc4c(c3)C3(CCCCC3)c3nc(=O)c5c(Cl)cccc5n3-4)CC2)C(=O)C1. The molecular weight excluding hydrogens is 576 g/mol. The minimum absolute atomic E-state index is 0.102. The highest BCUT2D eigenvalue weighted by Crippen LogP contribution is 2.52. The van der Waals surface area contributed by atoms with Crippen LogP contribution in [0.4, 0.5) is 4.79 Å². The summed E-state index contributed by atoms with van der Waals surface area (Å²) in [5, 5.41) is 0.929. The predicted octanol–water partition coefficient (Wildman–Crippen LogP) is 6.36. The third-order valence-electron chi connectivity index (χ3n) is 10.3. The summed E-state index contributed by atoms with van der Waals surface area (Å²) >= 11 is 6.51. The Hall–Kier alpha value is -3.23. The van der Waals surface area contributed by atoms with Gasteiger partial charge in [-0.15, -0.1) is 0 Å². The molecule has 8 nitrogen and oxygen atoms in total. The van der Waals surface area contributed by atoms with Gasteiger partial charge in [0.15, 0.2) is 5.78 Å². The Morgan fingerprint density at radius 1 is 1.00 bits per heavy atom. The van der Waals surface area contributed by atoms with E-state index >= 15 is 0 Å². The lowest BCUT2D eigenvalue weighted by molar-refractivity contribution is -0.129. The van der Waals surface area contributed by atoms with Crippen LogP contribution in [0, 0.1) is 0 Å². The Balaban J connectivity index is 1.12. The number of piperidine rings is 2. The minimum atomic E-state index is -0.578. The van der Waals surface area contributed by atoms with Gasteiger partial charge in [0.25, 0.3) is 5.56 Å². The maximum atomic E-state index is 13.3. The van der Waals surface area contributed by atoms with Crippen molar-refractivity contribution in [1.82, 2.24) is 19.4 Å². The number of ketones is 1. The van der Waals surface area contributed by atoms with Crippen molar-refractivity contribution in [2.75, 3.05) is 26.2 Å². The Bertz CT molecular complexity index is 1700. The van der Waals surface area contributed by atoms with Gasteiger partial charge in [-0.1, -0.05) is 49.1 Å². The molecule has 1 aliphatic carbocycles. The molecule has 9 heteroatoms. The molecule has 44 heavy (non-hydrogen) atoms. The van der Waals surface area contributed by atoms with E-state index in [1.165, 1.54) is 17.5 Å². The number of amides is 1. The number of fused-ring (bicyclic) bond motifs is 7. The van der Waals surface area contributed by atoms with Gasteiger partial charge in [-0.3, -0.25) is 19.1 Å². The van der Waals surface area contributed by atoms with Gasteiger partial charge in [-0.05, 0) is 101 Å². The van der Waals surface area contributed by atoms with Crippen molar-refractivity contribution in [3.8, 4) is 5.69 Å². The molecule has 3 aliphatic heterocycles. The molecule has 1 saturated carbocycles. The molecule has 7 rings (SSSR count). The lowest BCUT2D eigenvalue weighted by Gasteiger charge is -2.41. The maximum absolute atomic E-state index is 13.3. The van der Waals surface area contributed by atoms with Crippen LogP contribution in [0.1, 0.15) is 95.0 Å². The second-order valence-electron chi connectivity index (χ2n) is 14.1. The van der Waals surface area contributed by atoms with E-state index in [1.807, 2.05) is 32.9 Å². The summed E-state index contributed by atoms with van der Waals surface area (Å²) in [6.07, 6.45) is 7.61. The first kappa shape index (κ1) is 29.5. The van der Waals surface area contributed by atoms with E-state index in [0.717, 1.165) is 68.6 Å². The summed E-state index contributed by atoms with van der Waals surface area (Å²) in [5.74, 6) is 1.37. The molecule has 0 bridgehead atoms. The monoisotopic (exact) mass is 616 g/mol. The molecule has 4 heterocycles. The molecule has 2 aromatic carbocycles. The third kappa shape index (κ3) is 4.94. The molecule has 1 unspecified atom stereocenters. The van der Waals surface area contributed by atoms with Gasteiger partial charge in [0.05, 0.1) is 39.6 Å². The van der Waals surface area contributed by atoms with Crippen LogP contribution < -0.4 is 5.56 Å². The highest BCUT2D eigenvalue weighted by molar-refractivity contribution is 6.35. The Morgan fingerprint density at radius 3 is 2.45 bits per heavy atom. The largest absolute Gasteiger partial charge is 0.444 e. The van der Waals surface area contributed by atoms with Crippen molar-refractivity contribution in [2.45, 2.75) is 95.1 Å². The molecule has 0 radical (unpaired) electrons. The van der Waals surface area contributed by atoms with Crippen LogP contribution in [0.5, 0.6) is 0 Å². The van der Waals surface area contributed by atoms with Crippen LogP contribution in [-0.2, 0) is 14.9 Å². The van der Waals surface area contributed by atoms with Crippen LogP contribution in [0.3, 0.4) is 0 Å². The van der Waals surface area contributed by atoms with E-state index in [2.05, 4.69) is 27.7 Å². The number of hydrogen-bond donors (Lipinski definition) is 0. The molecule has 3 fully saturated rings. The second-order valence-corrected chi connectivity index (χ2v) is 14.5. The van der Waals surface area contributed by atoms with E-state index in [0.29, 0.717) is 29.3 Å². The summed E-state index contributed by atoms with van der Waals surface area (Å²) in [4.78, 5) is 47.5. The lowest BCUT2D eigenvalue weighted by Crippen LogP contribution is -2.55. The number of likely N-dealkylation sites (tertiary alicyclic amines) is 2. The van der Waals surface area contributed by atoms with Gasteiger partial charge in [0.2, 0.25) is 0 Å². The molecule has 1 spiro atoms.